The molecule has 0 aliphatic heterocycles. The number of ether oxygens (including phenoxy) is 1. The van der Waals surface area contributed by atoms with Crippen molar-refractivity contribution < 1.29 is 28.4 Å². The molecule has 0 saturated heterocycles. The maximum atomic E-state index is 12.3. The van der Waals surface area contributed by atoms with E-state index in [0.29, 0.717) is 11.1 Å². The van der Waals surface area contributed by atoms with E-state index in [1.54, 1.807) is 58.9 Å². The lowest BCUT2D eigenvalue weighted by molar-refractivity contribution is 0.00664. The summed E-state index contributed by atoms with van der Waals surface area (Å²) in [5.74, 6) is -0.479. The zero-order valence-corrected chi connectivity index (χ0v) is 14.4. The van der Waals surface area contributed by atoms with Crippen molar-refractivity contribution in [3.8, 4) is 0 Å². The highest BCUT2D eigenvalue weighted by Gasteiger charge is 2.31. The molecule has 124 valence electrons. The molecule has 0 radical (unpaired) electrons. The lowest BCUT2D eigenvalue weighted by Crippen LogP contribution is -2.29. The maximum Gasteiger partial charge on any atom is 0.469 e. The Morgan fingerprint density at radius 3 is 2.18 bits per heavy atom. The van der Waals surface area contributed by atoms with Gasteiger partial charge < -0.3 is 14.5 Å². The third-order valence-electron chi connectivity index (χ3n) is 2.87. The first-order valence-corrected chi connectivity index (χ1v) is 8.38. The highest BCUT2D eigenvalue weighted by atomic mass is 31.2. The van der Waals surface area contributed by atoms with E-state index >= 15 is 0 Å². The first kappa shape index (κ1) is 18.8. The highest BCUT2D eigenvalue weighted by molar-refractivity contribution is 7.46. The average molecular weight is 330 g/mol. The summed E-state index contributed by atoms with van der Waals surface area (Å²) < 4.78 is 20.9. The van der Waals surface area contributed by atoms with Crippen molar-refractivity contribution in [2.24, 2.45) is 0 Å². The monoisotopic (exact) mass is 330 g/mol. The van der Waals surface area contributed by atoms with Gasteiger partial charge in [0.15, 0.2) is 0 Å². The molecule has 2 N–H and O–H groups in total. The van der Waals surface area contributed by atoms with Crippen LogP contribution in [0.4, 0.5) is 0 Å². The molecule has 0 fully saturated rings. The van der Waals surface area contributed by atoms with Crippen LogP contribution in [0.15, 0.2) is 24.3 Å². The molecule has 0 amide bonds. The summed E-state index contributed by atoms with van der Waals surface area (Å²) in [6.45, 7) is 8.58. The Morgan fingerprint density at radius 1 is 1.14 bits per heavy atom. The molecule has 22 heavy (non-hydrogen) atoms. The summed E-state index contributed by atoms with van der Waals surface area (Å²) in [5, 5.41) is 0. The summed E-state index contributed by atoms with van der Waals surface area (Å²) in [7, 11) is -4.57. The van der Waals surface area contributed by atoms with E-state index in [1.165, 1.54) is 0 Å². The lowest BCUT2D eigenvalue weighted by Gasteiger charge is -2.28. The van der Waals surface area contributed by atoms with Gasteiger partial charge in [-0.15, -0.1) is 0 Å². The number of phosphoric acid groups is 1. The fraction of sp³-hybridized carbons (Fsp3) is 0.533. The van der Waals surface area contributed by atoms with Gasteiger partial charge in [0.25, 0.3) is 0 Å². The number of hydrogen-bond acceptors (Lipinski definition) is 4. The van der Waals surface area contributed by atoms with Crippen LogP contribution in [0, 0.1) is 0 Å². The van der Waals surface area contributed by atoms with E-state index < -0.39 is 24.8 Å². The first-order chi connectivity index (χ1) is 9.82. The number of esters is 1. The minimum atomic E-state index is -4.57. The third kappa shape index (κ3) is 5.89. The quantitative estimate of drug-likeness (QED) is 0.637. The van der Waals surface area contributed by atoms with Gasteiger partial charge in [-0.25, -0.2) is 9.36 Å². The van der Waals surface area contributed by atoms with Crippen molar-refractivity contribution in [2.75, 3.05) is 6.61 Å². The fourth-order valence-corrected chi connectivity index (χ4v) is 2.40. The standard InChI is InChI=1S/C15H23O6P/c1-14(2,3)21-13(16)11-8-6-7-9-12(11)15(4,5)10-20-22(17,18)19/h6-9H,10H2,1-5H3,(H2,17,18,19). The average Bonchev–Trinajstić information content (AvgIpc) is 2.34. The molecule has 0 aromatic heterocycles. The number of carbonyl (C=O) groups excluding carboxylic acids is 1. The Bertz CT molecular complexity index is 582. The van der Waals surface area contributed by atoms with Gasteiger partial charge in [0.1, 0.15) is 5.60 Å². The van der Waals surface area contributed by atoms with E-state index in [9.17, 15) is 9.36 Å². The van der Waals surface area contributed by atoms with Crippen LogP contribution in [0.2, 0.25) is 0 Å². The van der Waals surface area contributed by atoms with E-state index in [0.717, 1.165) is 0 Å². The van der Waals surface area contributed by atoms with E-state index in [4.69, 9.17) is 14.5 Å². The topological polar surface area (TPSA) is 93.1 Å². The van der Waals surface area contributed by atoms with E-state index in [2.05, 4.69) is 4.52 Å². The van der Waals surface area contributed by atoms with Crippen molar-refractivity contribution >= 4 is 13.8 Å². The highest BCUT2D eigenvalue weighted by Crippen LogP contribution is 2.39. The summed E-state index contributed by atoms with van der Waals surface area (Å²) in [4.78, 5) is 30.0. The predicted molar refractivity (Wildman–Crippen MR) is 82.6 cm³/mol. The van der Waals surface area contributed by atoms with Gasteiger partial charge in [0.2, 0.25) is 0 Å². The normalized spacial score (nSPS) is 13.0. The van der Waals surface area contributed by atoms with Crippen LogP contribution < -0.4 is 0 Å². The van der Waals surface area contributed by atoms with Crippen LogP contribution in [0.25, 0.3) is 0 Å². The zero-order valence-electron chi connectivity index (χ0n) is 13.5. The molecule has 0 spiro atoms. The largest absolute Gasteiger partial charge is 0.469 e. The maximum absolute atomic E-state index is 12.3. The fourth-order valence-electron chi connectivity index (χ4n) is 1.91. The predicted octanol–water partition coefficient (Wildman–Crippen LogP) is 3.03. The minimum absolute atomic E-state index is 0.225. The van der Waals surface area contributed by atoms with Gasteiger partial charge in [-0.05, 0) is 32.4 Å². The Hall–Kier alpha value is -1.20. The second-order valence-corrected chi connectivity index (χ2v) is 7.93. The van der Waals surface area contributed by atoms with Gasteiger partial charge in [-0.1, -0.05) is 32.0 Å². The van der Waals surface area contributed by atoms with Crippen molar-refractivity contribution in [1.29, 1.82) is 0 Å². The van der Waals surface area contributed by atoms with Crippen LogP contribution in [-0.4, -0.2) is 28.0 Å². The second kappa shape index (κ2) is 6.50. The first-order valence-electron chi connectivity index (χ1n) is 6.85. The number of rotatable bonds is 5. The van der Waals surface area contributed by atoms with Crippen LogP contribution in [0.5, 0.6) is 0 Å². The molecule has 1 aromatic rings. The lowest BCUT2D eigenvalue weighted by atomic mass is 9.82. The molecule has 0 unspecified atom stereocenters. The molecule has 7 heteroatoms. The molecule has 0 bridgehead atoms. The SMILES string of the molecule is CC(C)(C)OC(=O)c1ccccc1C(C)(C)COP(=O)(O)O. The molecule has 0 saturated carbocycles. The van der Waals surface area contributed by atoms with Crippen molar-refractivity contribution in [1.82, 2.24) is 0 Å². The van der Waals surface area contributed by atoms with Crippen LogP contribution in [0.1, 0.15) is 50.5 Å². The molecule has 6 nitrogen and oxygen atoms in total. The molecular weight excluding hydrogens is 307 g/mol. The zero-order chi connectivity index (χ0) is 17.2. The van der Waals surface area contributed by atoms with Crippen LogP contribution in [-0.2, 0) is 19.2 Å². The van der Waals surface area contributed by atoms with E-state index in [1.807, 2.05) is 0 Å². The number of hydrogen-bond donors (Lipinski definition) is 2. The number of phosphoric ester groups is 1. The molecule has 0 atom stereocenters. The summed E-state index contributed by atoms with van der Waals surface area (Å²) in [6, 6.07) is 6.82. The summed E-state index contributed by atoms with van der Waals surface area (Å²) in [6.07, 6.45) is 0. The molecule has 1 rings (SSSR count). The Kier molecular flexibility index (Phi) is 5.57. The number of benzene rings is 1. The summed E-state index contributed by atoms with van der Waals surface area (Å²) >= 11 is 0. The Labute approximate surface area is 130 Å². The van der Waals surface area contributed by atoms with E-state index in [-0.39, 0.29) is 6.61 Å². The molecular formula is C15H23O6P. The molecule has 1 aromatic carbocycles. The third-order valence-corrected chi connectivity index (χ3v) is 3.33. The van der Waals surface area contributed by atoms with Gasteiger partial charge >= 0.3 is 13.8 Å². The molecule has 0 aliphatic rings. The number of carbonyl (C=O) groups is 1. The minimum Gasteiger partial charge on any atom is -0.456 e. The smallest absolute Gasteiger partial charge is 0.456 e. The Balaban J connectivity index is 3.09. The van der Waals surface area contributed by atoms with Crippen molar-refractivity contribution in [3.63, 3.8) is 0 Å². The van der Waals surface area contributed by atoms with Gasteiger partial charge in [0, 0.05) is 5.41 Å². The van der Waals surface area contributed by atoms with Crippen LogP contribution in [0.3, 0.4) is 0 Å². The molecule has 0 heterocycles. The second-order valence-electron chi connectivity index (χ2n) is 6.70. The van der Waals surface area contributed by atoms with Crippen LogP contribution >= 0.6 is 7.82 Å². The van der Waals surface area contributed by atoms with Gasteiger partial charge in [-0.3, -0.25) is 4.52 Å². The summed E-state index contributed by atoms with van der Waals surface area (Å²) in [5.41, 5.74) is -0.430. The van der Waals surface area contributed by atoms with Gasteiger partial charge in [0.05, 0.1) is 12.2 Å². The Morgan fingerprint density at radius 2 is 1.68 bits per heavy atom. The van der Waals surface area contributed by atoms with Crippen molar-refractivity contribution in [2.45, 2.75) is 45.6 Å². The van der Waals surface area contributed by atoms with Crippen molar-refractivity contribution in [3.05, 3.63) is 35.4 Å². The van der Waals surface area contributed by atoms with Gasteiger partial charge in [-0.2, -0.15) is 0 Å². The molecule has 0 aliphatic carbocycles.